The fourth-order valence-corrected chi connectivity index (χ4v) is 4.60. The van der Waals surface area contributed by atoms with Crippen LogP contribution >= 0.6 is 0 Å². The molecule has 0 radical (unpaired) electrons. The smallest absolute Gasteiger partial charge is 0.253 e. The monoisotopic (exact) mass is 411 g/mol. The van der Waals surface area contributed by atoms with Gasteiger partial charge in [0.2, 0.25) is 0 Å². The molecule has 1 unspecified atom stereocenters. The van der Waals surface area contributed by atoms with Crippen LogP contribution in [0.2, 0.25) is 0 Å². The molecule has 9 nitrogen and oxygen atoms in total. The van der Waals surface area contributed by atoms with E-state index in [1.807, 2.05) is 20.6 Å². The maximum atomic E-state index is 13.1. The van der Waals surface area contributed by atoms with Gasteiger partial charge in [0.25, 0.3) is 11.8 Å². The highest BCUT2D eigenvalue weighted by atomic mass is 16.5. The van der Waals surface area contributed by atoms with Crippen molar-refractivity contribution in [2.24, 2.45) is 0 Å². The molecule has 0 bridgehead atoms. The van der Waals surface area contributed by atoms with Crippen LogP contribution in [-0.2, 0) is 26.4 Å². The number of amides is 2. The molecule has 5 rings (SSSR count). The molecule has 30 heavy (non-hydrogen) atoms. The van der Waals surface area contributed by atoms with Crippen LogP contribution in [0.3, 0.4) is 0 Å². The van der Waals surface area contributed by atoms with Gasteiger partial charge in [0.05, 0.1) is 19.8 Å². The molecule has 158 valence electrons. The summed E-state index contributed by atoms with van der Waals surface area (Å²) in [5.41, 5.74) is -0.0176. The summed E-state index contributed by atoms with van der Waals surface area (Å²) in [6, 6.07) is 3.46. The Balaban J connectivity index is 1.33. The Bertz CT molecular complexity index is 916. The van der Waals surface area contributed by atoms with Crippen molar-refractivity contribution < 1.29 is 19.1 Å². The Morgan fingerprint density at radius 3 is 2.47 bits per heavy atom. The summed E-state index contributed by atoms with van der Waals surface area (Å²) < 4.78 is 13.9. The van der Waals surface area contributed by atoms with Gasteiger partial charge in [0.1, 0.15) is 11.4 Å². The number of imidazole rings is 1. The van der Waals surface area contributed by atoms with Crippen molar-refractivity contribution in [3.63, 3.8) is 0 Å². The number of rotatable bonds is 2. The van der Waals surface area contributed by atoms with E-state index >= 15 is 0 Å². The number of fused-ring (bicyclic) bond motifs is 2. The number of pyridine rings is 1. The number of morpholine rings is 1. The zero-order chi connectivity index (χ0) is 20.6. The van der Waals surface area contributed by atoms with Crippen LogP contribution in [0.5, 0.6) is 0 Å². The molecule has 2 fully saturated rings. The van der Waals surface area contributed by atoms with E-state index in [1.54, 1.807) is 30.7 Å². The van der Waals surface area contributed by atoms with E-state index in [1.165, 1.54) is 0 Å². The molecule has 1 spiro atoms. The number of ether oxygens (including phenoxy) is 2. The summed E-state index contributed by atoms with van der Waals surface area (Å²) in [5.74, 6) is 0.851. The average Bonchev–Trinajstić information content (AvgIpc) is 3.30. The highest BCUT2D eigenvalue weighted by molar-refractivity contribution is 5.94. The summed E-state index contributed by atoms with van der Waals surface area (Å²) in [5, 5.41) is 0. The van der Waals surface area contributed by atoms with Crippen LogP contribution in [0.15, 0.2) is 36.9 Å². The molecule has 2 aromatic rings. The van der Waals surface area contributed by atoms with Crippen molar-refractivity contribution in [1.82, 2.24) is 24.3 Å². The van der Waals surface area contributed by atoms with E-state index in [-0.39, 0.29) is 11.8 Å². The Labute approximate surface area is 174 Å². The Morgan fingerprint density at radius 2 is 1.73 bits per heavy atom. The van der Waals surface area contributed by atoms with Crippen molar-refractivity contribution in [3.8, 4) is 0 Å². The van der Waals surface area contributed by atoms with Crippen molar-refractivity contribution >= 4 is 11.8 Å². The number of hydrogen-bond acceptors (Lipinski definition) is 6. The number of piperidine rings is 1. The summed E-state index contributed by atoms with van der Waals surface area (Å²) in [7, 11) is 0. The van der Waals surface area contributed by atoms with Crippen molar-refractivity contribution in [2.75, 3.05) is 39.4 Å². The lowest BCUT2D eigenvalue weighted by atomic mass is 9.88. The molecule has 2 saturated heterocycles. The Hall–Kier alpha value is -2.78. The van der Waals surface area contributed by atoms with Gasteiger partial charge in [-0.2, -0.15) is 0 Å². The standard InChI is InChI=1S/C21H25N5O4/c27-18(16-1-5-22-6-2-16)24-8-3-21(4-9-24)20-23-7-10-26(20)15-17(30-21)19(28)25-11-13-29-14-12-25/h1-2,5-7,10,17H,3-4,8-9,11-15H2. The van der Waals surface area contributed by atoms with E-state index in [9.17, 15) is 9.59 Å². The third-order valence-corrected chi connectivity index (χ3v) is 6.24. The van der Waals surface area contributed by atoms with E-state index < -0.39 is 11.7 Å². The highest BCUT2D eigenvalue weighted by Crippen LogP contribution is 2.40. The quantitative estimate of drug-likeness (QED) is 0.722. The van der Waals surface area contributed by atoms with Crippen molar-refractivity contribution in [3.05, 3.63) is 48.3 Å². The van der Waals surface area contributed by atoms with Crippen LogP contribution in [0.1, 0.15) is 29.0 Å². The van der Waals surface area contributed by atoms with E-state index in [0.717, 1.165) is 5.82 Å². The second kappa shape index (κ2) is 7.81. The van der Waals surface area contributed by atoms with Crippen LogP contribution in [-0.4, -0.2) is 81.6 Å². The Kier molecular flexibility index (Phi) is 5.00. The molecular formula is C21H25N5O4. The predicted molar refractivity (Wildman–Crippen MR) is 106 cm³/mol. The second-order valence-electron chi connectivity index (χ2n) is 7.97. The average molecular weight is 411 g/mol. The summed E-state index contributed by atoms with van der Waals surface area (Å²) in [4.78, 5) is 38.1. The lowest BCUT2D eigenvalue weighted by Crippen LogP contribution is -2.56. The van der Waals surface area contributed by atoms with E-state index in [2.05, 4.69) is 9.97 Å². The summed E-state index contributed by atoms with van der Waals surface area (Å²) >= 11 is 0. The zero-order valence-electron chi connectivity index (χ0n) is 16.8. The first kappa shape index (κ1) is 19.2. The summed E-state index contributed by atoms with van der Waals surface area (Å²) in [6.07, 6.45) is 7.58. The van der Waals surface area contributed by atoms with Crippen molar-refractivity contribution in [1.29, 1.82) is 0 Å². The fraction of sp³-hybridized carbons (Fsp3) is 0.524. The first-order valence-corrected chi connectivity index (χ1v) is 10.4. The molecule has 0 aliphatic carbocycles. The molecular weight excluding hydrogens is 386 g/mol. The van der Waals surface area contributed by atoms with Crippen LogP contribution in [0, 0.1) is 0 Å². The zero-order valence-corrected chi connectivity index (χ0v) is 16.8. The van der Waals surface area contributed by atoms with E-state index in [0.29, 0.717) is 64.3 Å². The van der Waals surface area contributed by atoms with Gasteiger partial charge < -0.3 is 23.8 Å². The maximum absolute atomic E-state index is 13.1. The van der Waals surface area contributed by atoms with Gasteiger partial charge in [-0.05, 0) is 12.1 Å². The van der Waals surface area contributed by atoms with Crippen LogP contribution in [0.25, 0.3) is 0 Å². The topological polar surface area (TPSA) is 89.8 Å². The molecule has 3 aliphatic rings. The molecule has 0 saturated carbocycles. The molecule has 0 N–H and O–H groups in total. The van der Waals surface area contributed by atoms with Gasteiger partial charge in [-0.3, -0.25) is 14.6 Å². The largest absolute Gasteiger partial charge is 0.378 e. The minimum atomic E-state index is -0.649. The number of nitrogens with zero attached hydrogens (tertiary/aromatic N) is 5. The number of likely N-dealkylation sites (tertiary alicyclic amines) is 1. The molecule has 3 aliphatic heterocycles. The van der Waals surface area contributed by atoms with Gasteiger partial charge in [-0.15, -0.1) is 0 Å². The minimum absolute atomic E-state index is 0.00677. The lowest BCUT2D eigenvalue weighted by Gasteiger charge is -2.46. The molecule has 0 aromatic carbocycles. The normalized spacial score (nSPS) is 23.3. The molecule has 2 aromatic heterocycles. The highest BCUT2D eigenvalue weighted by Gasteiger charge is 2.48. The third-order valence-electron chi connectivity index (χ3n) is 6.24. The summed E-state index contributed by atoms with van der Waals surface area (Å²) in [6.45, 7) is 3.87. The number of hydrogen-bond donors (Lipinski definition) is 0. The van der Waals surface area contributed by atoms with Gasteiger partial charge >= 0.3 is 0 Å². The van der Waals surface area contributed by atoms with Crippen molar-refractivity contribution in [2.45, 2.75) is 31.1 Å². The first-order chi connectivity index (χ1) is 14.7. The molecule has 2 amide bonds. The number of aromatic nitrogens is 3. The van der Waals surface area contributed by atoms with Gasteiger partial charge in [0.15, 0.2) is 6.10 Å². The minimum Gasteiger partial charge on any atom is -0.378 e. The molecule has 9 heteroatoms. The third kappa shape index (κ3) is 3.37. The maximum Gasteiger partial charge on any atom is 0.253 e. The molecule has 5 heterocycles. The number of carbonyl (C=O) groups is 2. The molecule has 1 atom stereocenters. The Morgan fingerprint density at radius 1 is 1.00 bits per heavy atom. The lowest BCUT2D eigenvalue weighted by molar-refractivity contribution is -0.182. The van der Waals surface area contributed by atoms with Gasteiger partial charge in [0, 0.05) is 69.4 Å². The van der Waals surface area contributed by atoms with Gasteiger partial charge in [-0.1, -0.05) is 0 Å². The van der Waals surface area contributed by atoms with E-state index in [4.69, 9.17) is 9.47 Å². The number of carbonyl (C=O) groups excluding carboxylic acids is 2. The van der Waals surface area contributed by atoms with Crippen LogP contribution in [0.4, 0.5) is 0 Å². The predicted octanol–water partition coefficient (Wildman–Crippen LogP) is 0.667. The van der Waals surface area contributed by atoms with Gasteiger partial charge in [-0.25, -0.2) is 4.98 Å². The second-order valence-corrected chi connectivity index (χ2v) is 7.97. The fourth-order valence-electron chi connectivity index (χ4n) is 4.60. The van der Waals surface area contributed by atoms with Crippen LogP contribution < -0.4 is 0 Å². The first-order valence-electron chi connectivity index (χ1n) is 10.4. The SMILES string of the molecule is O=C(c1ccncc1)N1CCC2(CC1)OC(C(=O)N1CCOCC1)Cn1ccnc12.